The fourth-order valence-corrected chi connectivity index (χ4v) is 2.51. The first kappa shape index (κ1) is 14.1. The average molecular weight is 256 g/mol. The zero-order chi connectivity index (χ0) is 12.8. The fraction of sp³-hybridized carbons (Fsp3) is 0.385. The van der Waals surface area contributed by atoms with Gasteiger partial charge in [-0.05, 0) is 25.5 Å². The van der Waals surface area contributed by atoms with E-state index in [0.717, 1.165) is 5.56 Å². The van der Waals surface area contributed by atoms with Gasteiger partial charge in [-0.1, -0.05) is 23.8 Å². The molecule has 0 saturated carbocycles. The first-order valence-corrected chi connectivity index (χ1v) is 6.74. The molecule has 2 nitrogen and oxygen atoms in total. The number of alkyl halides is 1. The Labute approximate surface area is 104 Å². The van der Waals surface area contributed by atoms with Gasteiger partial charge in [-0.2, -0.15) is 0 Å². The van der Waals surface area contributed by atoms with Gasteiger partial charge in [-0.3, -0.25) is 4.21 Å². The number of benzene rings is 1. The molecule has 1 N–H and O–H groups in total. The molecule has 94 valence electrons. The molecule has 0 aliphatic carbocycles. The van der Waals surface area contributed by atoms with E-state index in [4.69, 9.17) is 0 Å². The maximum Gasteiger partial charge on any atom is 0.130 e. The van der Waals surface area contributed by atoms with Crippen LogP contribution in [0, 0.1) is 6.92 Å². The summed E-state index contributed by atoms with van der Waals surface area (Å²) in [6, 6.07) is 7.16. The Morgan fingerprint density at radius 2 is 2.06 bits per heavy atom. The molecule has 0 spiro atoms. The van der Waals surface area contributed by atoms with Crippen molar-refractivity contribution in [1.29, 1.82) is 0 Å². The number of aliphatic hydroxyl groups excluding tert-OH is 1. The van der Waals surface area contributed by atoms with Crippen molar-refractivity contribution in [2.75, 3.05) is 5.75 Å². The lowest BCUT2D eigenvalue weighted by atomic mass is 10.2. The second-order valence-corrected chi connectivity index (χ2v) is 5.43. The van der Waals surface area contributed by atoms with E-state index in [1.54, 1.807) is 12.1 Å². The molecular weight excluding hydrogens is 239 g/mol. The Hall–Kier alpha value is -1.00. The average Bonchev–Trinajstić information content (AvgIpc) is 2.30. The molecule has 0 fully saturated rings. The van der Waals surface area contributed by atoms with Crippen LogP contribution in [0.15, 0.2) is 41.8 Å². The van der Waals surface area contributed by atoms with Crippen LogP contribution in [0.5, 0.6) is 0 Å². The van der Waals surface area contributed by atoms with Crippen LogP contribution >= 0.6 is 0 Å². The Bertz CT molecular complexity index is 389. The number of aliphatic hydroxyl groups is 1. The highest BCUT2D eigenvalue weighted by atomic mass is 32.2. The van der Waals surface area contributed by atoms with Crippen LogP contribution in [0.1, 0.15) is 12.0 Å². The van der Waals surface area contributed by atoms with Gasteiger partial charge in [0.15, 0.2) is 0 Å². The molecule has 0 aliphatic heterocycles. The molecule has 1 rings (SSSR count). The van der Waals surface area contributed by atoms with E-state index in [1.165, 1.54) is 6.08 Å². The number of aryl methyl sites for hydroxylation is 1. The lowest BCUT2D eigenvalue weighted by Gasteiger charge is -2.13. The van der Waals surface area contributed by atoms with E-state index in [2.05, 4.69) is 6.58 Å². The number of allylic oxidation sites excluding steroid dienone is 1. The highest BCUT2D eigenvalue weighted by Crippen LogP contribution is 2.12. The van der Waals surface area contributed by atoms with Crippen LogP contribution in [0.4, 0.5) is 4.39 Å². The van der Waals surface area contributed by atoms with Gasteiger partial charge >= 0.3 is 0 Å². The predicted octanol–water partition coefficient (Wildman–Crippen LogP) is 2.38. The van der Waals surface area contributed by atoms with Gasteiger partial charge < -0.3 is 5.11 Å². The molecule has 0 heterocycles. The predicted molar refractivity (Wildman–Crippen MR) is 68.2 cm³/mol. The second-order valence-electron chi connectivity index (χ2n) is 3.93. The smallest absolute Gasteiger partial charge is 0.130 e. The minimum absolute atomic E-state index is 0.0757. The third-order valence-electron chi connectivity index (χ3n) is 2.42. The maximum absolute atomic E-state index is 13.3. The van der Waals surface area contributed by atoms with Crippen LogP contribution in [0.25, 0.3) is 0 Å². The molecule has 0 radical (unpaired) electrons. The zero-order valence-corrected chi connectivity index (χ0v) is 10.6. The van der Waals surface area contributed by atoms with Crippen molar-refractivity contribution in [2.45, 2.75) is 30.5 Å². The van der Waals surface area contributed by atoms with Gasteiger partial charge in [0.2, 0.25) is 0 Å². The van der Waals surface area contributed by atoms with E-state index in [1.807, 2.05) is 19.1 Å². The molecule has 0 amide bonds. The minimum atomic E-state index is -1.40. The van der Waals surface area contributed by atoms with Crippen LogP contribution in [0.2, 0.25) is 0 Å². The summed E-state index contributed by atoms with van der Waals surface area (Å²) in [6.07, 6.45) is -1.13. The van der Waals surface area contributed by atoms with Crippen LogP contribution in [-0.2, 0) is 10.8 Å². The molecular formula is C13H17FO2S. The normalized spacial score (nSPS) is 16.2. The lowest BCUT2D eigenvalue weighted by molar-refractivity contribution is 0.0979. The molecule has 0 bridgehead atoms. The van der Waals surface area contributed by atoms with Crippen molar-refractivity contribution >= 4 is 10.8 Å². The number of halogens is 1. The van der Waals surface area contributed by atoms with Crippen molar-refractivity contribution < 1.29 is 13.7 Å². The SMILES string of the molecule is C=CC[C@@H](F)[C@H](O)CS(=O)c1ccc(C)cc1. The Morgan fingerprint density at radius 1 is 1.47 bits per heavy atom. The highest BCUT2D eigenvalue weighted by Gasteiger charge is 2.20. The summed E-state index contributed by atoms with van der Waals surface area (Å²) in [4.78, 5) is 0.612. The fourth-order valence-electron chi connectivity index (χ4n) is 1.36. The van der Waals surface area contributed by atoms with Gasteiger partial charge in [-0.25, -0.2) is 4.39 Å². The topological polar surface area (TPSA) is 37.3 Å². The standard InChI is InChI=1S/C13H17FO2S/c1-3-4-12(14)13(15)9-17(16)11-7-5-10(2)6-8-11/h3,5-8,12-13,15H,1,4,9H2,2H3/t12-,13-,17?/m1/s1. The molecule has 1 unspecified atom stereocenters. The van der Waals surface area contributed by atoms with E-state index in [9.17, 15) is 13.7 Å². The summed E-state index contributed by atoms with van der Waals surface area (Å²) in [5.74, 6) is -0.0853. The van der Waals surface area contributed by atoms with Crippen LogP contribution in [0.3, 0.4) is 0 Å². The minimum Gasteiger partial charge on any atom is -0.389 e. The molecule has 17 heavy (non-hydrogen) atoms. The first-order chi connectivity index (χ1) is 8.04. The summed E-state index contributed by atoms with van der Waals surface area (Å²) in [5.41, 5.74) is 1.07. The second kappa shape index (κ2) is 6.67. The van der Waals surface area contributed by atoms with Crippen molar-refractivity contribution in [2.24, 2.45) is 0 Å². The zero-order valence-electron chi connectivity index (χ0n) is 9.80. The van der Waals surface area contributed by atoms with Crippen molar-refractivity contribution in [1.82, 2.24) is 0 Å². The van der Waals surface area contributed by atoms with Crippen molar-refractivity contribution in [3.05, 3.63) is 42.5 Å². The highest BCUT2D eigenvalue weighted by molar-refractivity contribution is 7.85. The Morgan fingerprint density at radius 3 is 2.59 bits per heavy atom. The summed E-state index contributed by atoms with van der Waals surface area (Å²) < 4.78 is 25.1. The summed E-state index contributed by atoms with van der Waals surface area (Å²) in [5, 5.41) is 9.52. The van der Waals surface area contributed by atoms with Crippen LogP contribution < -0.4 is 0 Å². The van der Waals surface area contributed by atoms with Crippen LogP contribution in [-0.4, -0.2) is 27.3 Å². The maximum atomic E-state index is 13.3. The van der Waals surface area contributed by atoms with Crippen molar-refractivity contribution in [3.63, 3.8) is 0 Å². The molecule has 0 aliphatic rings. The summed E-state index contributed by atoms with van der Waals surface area (Å²) >= 11 is 0. The van der Waals surface area contributed by atoms with Gasteiger partial charge in [-0.15, -0.1) is 6.58 Å². The largest absolute Gasteiger partial charge is 0.389 e. The molecule has 0 aromatic heterocycles. The molecule has 1 aromatic carbocycles. The summed E-state index contributed by atoms with van der Waals surface area (Å²) in [6.45, 7) is 5.34. The third kappa shape index (κ3) is 4.40. The van der Waals surface area contributed by atoms with E-state index < -0.39 is 23.1 Å². The monoisotopic (exact) mass is 256 g/mol. The van der Waals surface area contributed by atoms with Gasteiger partial charge in [0, 0.05) is 4.90 Å². The summed E-state index contributed by atoms with van der Waals surface area (Å²) in [7, 11) is -1.37. The number of rotatable bonds is 6. The molecule has 1 aromatic rings. The number of hydrogen-bond donors (Lipinski definition) is 1. The van der Waals surface area contributed by atoms with Gasteiger partial charge in [0.1, 0.15) is 6.17 Å². The first-order valence-electron chi connectivity index (χ1n) is 5.42. The third-order valence-corrected chi connectivity index (χ3v) is 3.86. The van der Waals surface area contributed by atoms with E-state index in [0.29, 0.717) is 4.90 Å². The van der Waals surface area contributed by atoms with Crippen molar-refractivity contribution in [3.8, 4) is 0 Å². The molecule has 0 saturated heterocycles. The lowest BCUT2D eigenvalue weighted by Crippen LogP contribution is -2.27. The number of hydrogen-bond acceptors (Lipinski definition) is 2. The van der Waals surface area contributed by atoms with Gasteiger partial charge in [0.25, 0.3) is 0 Å². The van der Waals surface area contributed by atoms with Gasteiger partial charge in [0.05, 0.1) is 22.7 Å². The quantitative estimate of drug-likeness (QED) is 0.793. The molecule has 4 heteroatoms. The Kier molecular flexibility index (Phi) is 5.51. The van der Waals surface area contributed by atoms with E-state index in [-0.39, 0.29) is 12.2 Å². The van der Waals surface area contributed by atoms with E-state index >= 15 is 0 Å². The molecule has 3 atom stereocenters. The Balaban J connectivity index is 2.60.